The molecule has 2 aromatic carbocycles. The van der Waals surface area contributed by atoms with E-state index in [0.717, 1.165) is 11.3 Å². The van der Waals surface area contributed by atoms with Crippen molar-refractivity contribution in [2.75, 3.05) is 32.9 Å². The van der Waals surface area contributed by atoms with Gasteiger partial charge in [0.2, 0.25) is 23.6 Å². The van der Waals surface area contributed by atoms with Crippen LogP contribution in [0.4, 0.5) is 5.69 Å². The van der Waals surface area contributed by atoms with Crippen molar-refractivity contribution in [2.45, 2.75) is 44.2 Å². The third-order valence-electron chi connectivity index (χ3n) is 6.34. The topological polar surface area (TPSA) is 179 Å². The Morgan fingerprint density at radius 3 is 1.61 bits per heavy atom. The van der Waals surface area contributed by atoms with E-state index in [9.17, 15) is 28.8 Å². The van der Waals surface area contributed by atoms with Gasteiger partial charge in [-0.15, -0.1) is 0 Å². The molecule has 220 valence electrons. The Kier molecular flexibility index (Phi) is 13.3. The van der Waals surface area contributed by atoms with E-state index in [4.69, 9.17) is 10.8 Å². The highest BCUT2D eigenvalue weighted by Gasteiger charge is 2.31. The number of anilines is 1. The molecule has 2 unspecified atom stereocenters. The molecule has 5 N–H and O–H groups in total. The second-order valence-corrected chi connectivity index (χ2v) is 9.77. The minimum absolute atomic E-state index is 0.0587. The zero-order valence-electron chi connectivity index (χ0n) is 23.2. The number of para-hydroxylation sites is 1. The van der Waals surface area contributed by atoms with Crippen LogP contribution in [0.25, 0.3) is 0 Å². The molecule has 0 aliphatic carbocycles. The number of nitrogens with two attached hydrogens (primary N) is 1. The minimum atomic E-state index is -0.989. The summed E-state index contributed by atoms with van der Waals surface area (Å²) in [6.07, 6.45) is 1.81. The van der Waals surface area contributed by atoms with Gasteiger partial charge in [-0.25, -0.2) is 0 Å². The largest absolute Gasteiger partial charge is 0.480 e. The normalized spacial score (nSPS) is 18.3. The molecule has 2 atom stereocenters. The molecule has 2 aromatic rings. The molecule has 2 aliphatic rings. The van der Waals surface area contributed by atoms with E-state index in [1.807, 2.05) is 60.7 Å². The average Bonchev–Trinajstić information content (AvgIpc) is 2.90. The first kappa shape index (κ1) is 32.8. The fourth-order valence-corrected chi connectivity index (χ4v) is 4.25. The number of aliphatic carboxylic acids is 1. The second kappa shape index (κ2) is 16.6. The molecule has 0 radical (unpaired) electrons. The molecule has 4 rings (SSSR count). The SMILES string of the molecule is CN(CC(=O)Cc1ccccc1)C1CCC(=O)NC1=O.CN(CC(=O)O)C1CCC(=O)NC1=O.Nc1ccccc1. The molecular formula is C29H37N5O7. The summed E-state index contributed by atoms with van der Waals surface area (Å²) in [7, 11) is 3.29. The number of nitrogen functional groups attached to an aromatic ring is 1. The number of carboxylic acids is 1. The number of hydrogen-bond acceptors (Lipinski definition) is 9. The highest BCUT2D eigenvalue weighted by atomic mass is 16.4. The van der Waals surface area contributed by atoms with Crippen LogP contribution in [0.3, 0.4) is 0 Å². The van der Waals surface area contributed by atoms with Crippen molar-refractivity contribution in [1.82, 2.24) is 20.4 Å². The fourth-order valence-electron chi connectivity index (χ4n) is 4.25. The number of amides is 4. The summed E-state index contributed by atoms with van der Waals surface area (Å²) >= 11 is 0. The van der Waals surface area contributed by atoms with Crippen molar-refractivity contribution in [3.63, 3.8) is 0 Å². The van der Waals surface area contributed by atoms with Crippen molar-refractivity contribution >= 4 is 41.1 Å². The summed E-state index contributed by atoms with van der Waals surface area (Å²) in [4.78, 5) is 70.4. The van der Waals surface area contributed by atoms with Crippen molar-refractivity contribution < 1.29 is 33.9 Å². The fraction of sp³-hybridized carbons (Fsp3) is 0.379. The number of ketones is 1. The number of carbonyl (C=O) groups is 6. The van der Waals surface area contributed by atoms with E-state index < -0.39 is 24.0 Å². The highest BCUT2D eigenvalue weighted by molar-refractivity contribution is 6.01. The number of hydrogen-bond donors (Lipinski definition) is 4. The zero-order chi connectivity index (χ0) is 30.4. The lowest BCUT2D eigenvalue weighted by molar-refractivity contribution is -0.142. The van der Waals surface area contributed by atoms with Crippen LogP contribution in [0.1, 0.15) is 31.2 Å². The van der Waals surface area contributed by atoms with Gasteiger partial charge in [0.05, 0.1) is 25.2 Å². The quantitative estimate of drug-likeness (QED) is 0.261. The van der Waals surface area contributed by atoms with Crippen LogP contribution in [-0.4, -0.2) is 89.6 Å². The molecule has 2 fully saturated rings. The van der Waals surface area contributed by atoms with Gasteiger partial charge in [0.1, 0.15) is 0 Å². The highest BCUT2D eigenvalue weighted by Crippen LogP contribution is 2.12. The number of likely N-dealkylation sites (N-methyl/N-ethyl adjacent to an activating group) is 2. The summed E-state index contributed by atoms with van der Waals surface area (Å²) in [5.41, 5.74) is 7.15. The molecule has 0 aromatic heterocycles. The van der Waals surface area contributed by atoms with E-state index in [1.165, 1.54) is 4.90 Å². The maximum absolute atomic E-state index is 12.0. The summed E-state index contributed by atoms with van der Waals surface area (Å²) in [5.74, 6) is -2.19. The molecule has 12 heteroatoms. The number of nitrogens with one attached hydrogen (secondary N) is 2. The summed E-state index contributed by atoms with van der Waals surface area (Å²) in [6, 6.07) is 18.1. The second-order valence-electron chi connectivity index (χ2n) is 9.77. The lowest BCUT2D eigenvalue weighted by Crippen LogP contribution is -2.52. The molecule has 2 heterocycles. The van der Waals surface area contributed by atoms with Crippen LogP contribution < -0.4 is 16.4 Å². The minimum Gasteiger partial charge on any atom is -0.480 e. The maximum atomic E-state index is 12.0. The first-order valence-corrected chi connectivity index (χ1v) is 13.1. The Morgan fingerprint density at radius 1 is 0.780 bits per heavy atom. The van der Waals surface area contributed by atoms with Gasteiger partial charge < -0.3 is 10.8 Å². The first-order valence-electron chi connectivity index (χ1n) is 13.1. The van der Waals surface area contributed by atoms with Crippen molar-refractivity contribution in [3.05, 3.63) is 66.2 Å². The number of piperidine rings is 2. The van der Waals surface area contributed by atoms with Crippen LogP contribution >= 0.6 is 0 Å². The number of Topliss-reactive ketones (excluding diaryl/α,β-unsaturated/α-hetero) is 1. The average molecular weight is 568 g/mol. The Balaban J connectivity index is 0.000000241. The van der Waals surface area contributed by atoms with Gasteiger partial charge >= 0.3 is 5.97 Å². The summed E-state index contributed by atoms with van der Waals surface area (Å²) in [5, 5.41) is 13.0. The molecule has 2 aliphatic heterocycles. The number of nitrogens with zero attached hydrogens (tertiary/aromatic N) is 2. The van der Waals surface area contributed by atoms with Crippen LogP contribution in [0.2, 0.25) is 0 Å². The van der Waals surface area contributed by atoms with Crippen LogP contribution in [-0.2, 0) is 35.2 Å². The van der Waals surface area contributed by atoms with E-state index in [1.54, 1.807) is 19.0 Å². The van der Waals surface area contributed by atoms with Gasteiger partial charge in [0, 0.05) is 24.9 Å². The van der Waals surface area contributed by atoms with Gasteiger partial charge in [-0.3, -0.25) is 49.2 Å². The Bertz CT molecular complexity index is 1210. The van der Waals surface area contributed by atoms with E-state index >= 15 is 0 Å². The number of imide groups is 2. The molecule has 12 nitrogen and oxygen atoms in total. The van der Waals surface area contributed by atoms with Gasteiger partial charge in [-0.05, 0) is 44.6 Å². The van der Waals surface area contributed by atoms with Crippen LogP contribution in [0.5, 0.6) is 0 Å². The maximum Gasteiger partial charge on any atom is 0.317 e. The van der Waals surface area contributed by atoms with Crippen LogP contribution in [0, 0.1) is 0 Å². The standard InChI is InChI=1S/C15H18N2O3.C8H12N2O4.C6H7N/c1-17(13-7-8-14(19)16-15(13)20)10-12(18)9-11-5-3-2-4-6-11;1-10(4-7(12)13)5-2-3-6(11)9-8(5)14;7-6-4-2-1-3-5-6/h2-6,13H,7-10H2,1H3,(H,16,19,20);5H,2-4H2,1H3,(H,12,13)(H,9,11,14);1-5H,7H2. The number of carboxylic acid groups (broad SMARTS) is 1. The lowest BCUT2D eigenvalue weighted by atomic mass is 10.0. The molecule has 4 amide bonds. The predicted molar refractivity (Wildman–Crippen MR) is 151 cm³/mol. The Hall–Kier alpha value is -4.42. The molecular weight excluding hydrogens is 530 g/mol. The van der Waals surface area contributed by atoms with E-state index in [2.05, 4.69) is 10.6 Å². The van der Waals surface area contributed by atoms with Gasteiger partial charge in [-0.1, -0.05) is 48.5 Å². The van der Waals surface area contributed by atoms with Gasteiger partial charge in [-0.2, -0.15) is 0 Å². The van der Waals surface area contributed by atoms with Crippen molar-refractivity contribution in [1.29, 1.82) is 0 Å². The molecule has 41 heavy (non-hydrogen) atoms. The van der Waals surface area contributed by atoms with E-state index in [0.29, 0.717) is 25.7 Å². The van der Waals surface area contributed by atoms with Gasteiger partial charge in [0.15, 0.2) is 5.78 Å². The van der Waals surface area contributed by atoms with Crippen LogP contribution in [0.15, 0.2) is 60.7 Å². The Morgan fingerprint density at radius 2 is 1.22 bits per heavy atom. The molecule has 0 bridgehead atoms. The van der Waals surface area contributed by atoms with E-state index in [-0.39, 0.29) is 43.0 Å². The lowest BCUT2D eigenvalue weighted by Gasteiger charge is -2.29. The van der Waals surface area contributed by atoms with Gasteiger partial charge in [0.25, 0.3) is 0 Å². The summed E-state index contributed by atoms with van der Waals surface area (Å²) in [6.45, 7) is 0.00739. The predicted octanol–water partition coefficient (Wildman–Crippen LogP) is 0.612. The third kappa shape index (κ3) is 12.1. The molecule has 2 saturated heterocycles. The molecule has 0 spiro atoms. The number of rotatable bonds is 8. The van der Waals surface area contributed by atoms with Crippen molar-refractivity contribution in [2.24, 2.45) is 0 Å². The first-order chi connectivity index (χ1) is 19.5. The zero-order valence-corrected chi connectivity index (χ0v) is 23.2. The summed E-state index contributed by atoms with van der Waals surface area (Å²) < 4.78 is 0. The van der Waals surface area contributed by atoms with Crippen molar-refractivity contribution in [3.8, 4) is 0 Å². The third-order valence-corrected chi connectivity index (χ3v) is 6.34. The smallest absolute Gasteiger partial charge is 0.317 e. The Labute approximate surface area is 238 Å². The number of carbonyl (C=O) groups excluding carboxylic acids is 5. The molecule has 0 saturated carbocycles. The number of benzene rings is 2. The monoisotopic (exact) mass is 567 g/mol.